The second-order valence-electron chi connectivity index (χ2n) is 6.98. The maximum Gasteiger partial charge on any atom is 0.256 e. The van der Waals surface area contributed by atoms with E-state index in [1.807, 2.05) is 0 Å². The molecule has 1 aliphatic heterocycles. The zero-order chi connectivity index (χ0) is 21.0. The highest BCUT2D eigenvalue weighted by molar-refractivity contribution is 6.08. The van der Waals surface area contributed by atoms with E-state index in [4.69, 9.17) is 4.74 Å². The lowest BCUT2D eigenvalue weighted by molar-refractivity contribution is -0.124. The molecule has 1 saturated heterocycles. The van der Waals surface area contributed by atoms with Crippen LogP contribution in [0.4, 0.5) is 11.4 Å². The lowest BCUT2D eigenvalue weighted by Crippen LogP contribution is -2.27. The van der Waals surface area contributed by atoms with Crippen LogP contribution in [0.5, 0.6) is 0 Å². The van der Waals surface area contributed by atoms with E-state index in [1.54, 1.807) is 57.3 Å². The average Bonchev–Trinajstić information content (AvgIpc) is 3.25. The van der Waals surface area contributed by atoms with Crippen LogP contribution in [0.3, 0.4) is 0 Å². The highest BCUT2D eigenvalue weighted by Gasteiger charge is 2.24. The summed E-state index contributed by atoms with van der Waals surface area (Å²) >= 11 is 0. The number of benzene rings is 2. The van der Waals surface area contributed by atoms with Crippen molar-refractivity contribution in [3.8, 4) is 0 Å². The van der Waals surface area contributed by atoms with Gasteiger partial charge < -0.3 is 20.7 Å². The van der Waals surface area contributed by atoms with Crippen LogP contribution in [0.15, 0.2) is 36.4 Å². The van der Waals surface area contributed by atoms with Gasteiger partial charge >= 0.3 is 0 Å². The average molecular weight is 395 g/mol. The van der Waals surface area contributed by atoms with Crippen molar-refractivity contribution in [3.63, 3.8) is 0 Å². The molecule has 7 nitrogen and oxygen atoms in total. The molecule has 1 heterocycles. The van der Waals surface area contributed by atoms with E-state index in [-0.39, 0.29) is 17.7 Å². The highest BCUT2D eigenvalue weighted by atomic mass is 16.5. The molecule has 2 aromatic rings. The van der Waals surface area contributed by atoms with Gasteiger partial charge in [-0.25, -0.2) is 0 Å². The lowest BCUT2D eigenvalue weighted by atomic mass is 10.0. The van der Waals surface area contributed by atoms with Gasteiger partial charge in [-0.15, -0.1) is 0 Å². The van der Waals surface area contributed by atoms with E-state index < -0.39 is 6.10 Å². The Bertz CT molecular complexity index is 949. The van der Waals surface area contributed by atoms with Gasteiger partial charge in [0.05, 0.1) is 0 Å². The summed E-state index contributed by atoms with van der Waals surface area (Å²) in [6.45, 7) is 4.16. The van der Waals surface area contributed by atoms with Crippen molar-refractivity contribution in [1.29, 1.82) is 0 Å². The Labute approximate surface area is 169 Å². The van der Waals surface area contributed by atoms with E-state index in [0.29, 0.717) is 46.7 Å². The minimum atomic E-state index is -0.443. The van der Waals surface area contributed by atoms with E-state index in [9.17, 15) is 14.4 Å². The van der Waals surface area contributed by atoms with Gasteiger partial charge in [-0.3, -0.25) is 14.4 Å². The second-order valence-corrected chi connectivity index (χ2v) is 6.98. The molecule has 0 aromatic heterocycles. The minimum absolute atomic E-state index is 0.197. The predicted molar refractivity (Wildman–Crippen MR) is 111 cm³/mol. The number of anilines is 2. The van der Waals surface area contributed by atoms with Gasteiger partial charge in [-0.1, -0.05) is 12.1 Å². The number of hydrogen-bond acceptors (Lipinski definition) is 4. The van der Waals surface area contributed by atoms with Crippen LogP contribution < -0.4 is 16.0 Å². The molecule has 29 heavy (non-hydrogen) atoms. The summed E-state index contributed by atoms with van der Waals surface area (Å²) in [5.41, 5.74) is 3.43. The molecule has 0 aliphatic carbocycles. The standard InChI is InChI=1S/C22H25N3O4/c1-13-15(20(26)23-3)7-4-9-17(13)24-21(27)16-8-5-10-18(14(16)2)25-22(28)19-11-6-12-29-19/h4-5,7-10,19H,6,11-12H2,1-3H3,(H,23,26)(H,24,27)(H,25,28). The zero-order valence-corrected chi connectivity index (χ0v) is 16.8. The van der Waals surface area contributed by atoms with Crippen LogP contribution in [0, 0.1) is 13.8 Å². The van der Waals surface area contributed by atoms with Crippen molar-refractivity contribution in [2.24, 2.45) is 0 Å². The predicted octanol–water partition coefficient (Wildman–Crippen LogP) is 3.03. The monoisotopic (exact) mass is 395 g/mol. The molecule has 0 saturated carbocycles. The molecule has 1 aliphatic rings. The van der Waals surface area contributed by atoms with Crippen molar-refractivity contribution in [2.75, 3.05) is 24.3 Å². The molecule has 2 aromatic carbocycles. The Morgan fingerprint density at radius 3 is 2.03 bits per heavy atom. The number of rotatable bonds is 5. The van der Waals surface area contributed by atoms with Gasteiger partial charge in [0.15, 0.2) is 0 Å². The van der Waals surface area contributed by atoms with E-state index in [1.165, 1.54) is 0 Å². The van der Waals surface area contributed by atoms with E-state index in [0.717, 1.165) is 6.42 Å². The third kappa shape index (κ3) is 4.46. The zero-order valence-electron chi connectivity index (χ0n) is 16.8. The first kappa shape index (κ1) is 20.5. The van der Waals surface area contributed by atoms with E-state index >= 15 is 0 Å². The summed E-state index contributed by atoms with van der Waals surface area (Å²) in [7, 11) is 1.56. The van der Waals surface area contributed by atoms with Crippen LogP contribution in [0.1, 0.15) is 44.7 Å². The largest absolute Gasteiger partial charge is 0.368 e. The summed E-state index contributed by atoms with van der Waals surface area (Å²) in [5, 5.41) is 8.31. The van der Waals surface area contributed by atoms with Gasteiger partial charge in [-0.2, -0.15) is 0 Å². The van der Waals surface area contributed by atoms with Crippen molar-refractivity contribution in [3.05, 3.63) is 58.7 Å². The third-order valence-corrected chi connectivity index (χ3v) is 5.11. The number of nitrogens with one attached hydrogen (secondary N) is 3. The number of carbonyl (C=O) groups is 3. The molecule has 1 fully saturated rings. The molecule has 152 valence electrons. The first-order valence-corrected chi connectivity index (χ1v) is 9.57. The van der Waals surface area contributed by atoms with Crippen molar-refractivity contribution in [2.45, 2.75) is 32.8 Å². The first-order valence-electron chi connectivity index (χ1n) is 9.57. The molecule has 1 unspecified atom stereocenters. The van der Waals surface area contributed by atoms with Crippen LogP contribution in [-0.4, -0.2) is 37.5 Å². The Morgan fingerprint density at radius 1 is 0.897 bits per heavy atom. The topological polar surface area (TPSA) is 96.5 Å². The van der Waals surface area contributed by atoms with Gasteiger partial charge in [0, 0.05) is 36.2 Å². The lowest BCUT2D eigenvalue weighted by Gasteiger charge is -2.16. The first-order chi connectivity index (χ1) is 13.9. The van der Waals surface area contributed by atoms with E-state index in [2.05, 4.69) is 16.0 Å². The van der Waals surface area contributed by atoms with Crippen molar-refractivity contribution < 1.29 is 19.1 Å². The summed E-state index contributed by atoms with van der Waals surface area (Å²) in [5.74, 6) is -0.723. The molecule has 1 atom stereocenters. The van der Waals surface area contributed by atoms with Crippen LogP contribution >= 0.6 is 0 Å². The number of carbonyl (C=O) groups excluding carboxylic acids is 3. The Kier molecular flexibility index (Phi) is 6.29. The number of hydrogen-bond donors (Lipinski definition) is 3. The SMILES string of the molecule is CNC(=O)c1cccc(NC(=O)c2cccc(NC(=O)C3CCCO3)c2C)c1C. The maximum atomic E-state index is 12.9. The quantitative estimate of drug-likeness (QED) is 0.725. The van der Waals surface area contributed by atoms with Gasteiger partial charge in [0.2, 0.25) is 0 Å². The molecule has 0 spiro atoms. The smallest absolute Gasteiger partial charge is 0.256 e. The number of ether oxygens (including phenoxy) is 1. The third-order valence-electron chi connectivity index (χ3n) is 5.11. The molecule has 3 rings (SSSR count). The fourth-order valence-corrected chi connectivity index (χ4v) is 3.36. The van der Waals surface area contributed by atoms with Crippen molar-refractivity contribution in [1.82, 2.24) is 5.32 Å². The van der Waals surface area contributed by atoms with Crippen LogP contribution in [0.25, 0.3) is 0 Å². The Hall–Kier alpha value is -3.19. The minimum Gasteiger partial charge on any atom is -0.368 e. The maximum absolute atomic E-state index is 12.9. The molecule has 3 amide bonds. The van der Waals surface area contributed by atoms with Gasteiger partial charge in [0.1, 0.15) is 6.10 Å². The van der Waals surface area contributed by atoms with Crippen LogP contribution in [-0.2, 0) is 9.53 Å². The molecular formula is C22H25N3O4. The normalized spacial score (nSPS) is 15.6. The summed E-state index contributed by atoms with van der Waals surface area (Å²) < 4.78 is 5.41. The Morgan fingerprint density at radius 2 is 1.48 bits per heavy atom. The molecule has 0 radical (unpaired) electrons. The fourth-order valence-electron chi connectivity index (χ4n) is 3.36. The van der Waals surface area contributed by atoms with Gasteiger partial charge in [0.25, 0.3) is 17.7 Å². The number of amides is 3. The summed E-state index contributed by atoms with van der Waals surface area (Å²) in [6.07, 6.45) is 1.13. The molecule has 7 heteroatoms. The molecule has 0 bridgehead atoms. The van der Waals surface area contributed by atoms with Gasteiger partial charge in [-0.05, 0) is 62.1 Å². The molecular weight excluding hydrogens is 370 g/mol. The second kappa shape index (κ2) is 8.87. The summed E-state index contributed by atoms with van der Waals surface area (Å²) in [6, 6.07) is 10.4. The van der Waals surface area contributed by atoms with Crippen LogP contribution in [0.2, 0.25) is 0 Å². The molecule has 3 N–H and O–H groups in total. The van der Waals surface area contributed by atoms with Crippen molar-refractivity contribution >= 4 is 29.1 Å². The highest BCUT2D eigenvalue weighted by Crippen LogP contribution is 2.24. The fraction of sp³-hybridized carbons (Fsp3) is 0.318. The summed E-state index contributed by atoms with van der Waals surface area (Å²) in [4.78, 5) is 37.2. The Balaban J connectivity index is 1.80.